The van der Waals surface area contributed by atoms with Gasteiger partial charge in [0.05, 0.1) is 5.92 Å². The van der Waals surface area contributed by atoms with E-state index in [-0.39, 0.29) is 23.3 Å². The molecule has 2 fully saturated rings. The van der Waals surface area contributed by atoms with E-state index in [1.807, 2.05) is 37.8 Å². The van der Waals surface area contributed by atoms with Crippen molar-refractivity contribution in [2.24, 2.45) is 11.3 Å². The molecule has 2 aliphatic rings. The Balaban J connectivity index is 1.67. The lowest BCUT2D eigenvalue weighted by Crippen LogP contribution is -2.54. The lowest BCUT2D eigenvalue weighted by molar-refractivity contribution is -0.141. The fourth-order valence-electron chi connectivity index (χ4n) is 5.15. The van der Waals surface area contributed by atoms with E-state index in [4.69, 9.17) is 16.3 Å². The molecule has 0 bridgehead atoms. The van der Waals surface area contributed by atoms with E-state index < -0.39 is 11.7 Å². The lowest BCUT2D eigenvalue weighted by atomic mass is 9.70. The number of likely N-dealkylation sites (tertiary alicyclic amines) is 1. The molecule has 6 heteroatoms. The predicted molar refractivity (Wildman–Crippen MR) is 124 cm³/mol. The molecule has 172 valence electrons. The quantitative estimate of drug-likeness (QED) is 0.638. The van der Waals surface area contributed by atoms with Gasteiger partial charge in [-0.15, -0.1) is 0 Å². The van der Waals surface area contributed by atoms with E-state index in [2.05, 4.69) is 31.3 Å². The summed E-state index contributed by atoms with van der Waals surface area (Å²) in [5.74, 6) is 0.378. The molecule has 1 aromatic rings. The van der Waals surface area contributed by atoms with Crippen molar-refractivity contribution in [3.63, 3.8) is 0 Å². The van der Waals surface area contributed by atoms with Crippen molar-refractivity contribution in [2.45, 2.75) is 84.3 Å². The van der Waals surface area contributed by atoms with Crippen LogP contribution in [-0.4, -0.2) is 41.6 Å². The number of ether oxygens (including phenoxy) is 1. The number of nitrogens with one attached hydrogen (secondary N) is 1. The van der Waals surface area contributed by atoms with Gasteiger partial charge in [-0.05, 0) is 69.1 Å². The maximum atomic E-state index is 13.5. The second-order valence-corrected chi connectivity index (χ2v) is 11.2. The average molecular weight is 449 g/mol. The van der Waals surface area contributed by atoms with E-state index >= 15 is 0 Å². The molecule has 3 rings (SSSR count). The lowest BCUT2D eigenvalue weighted by Gasteiger charge is -2.46. The van der Waals surface area contributed by atoms with Gasteiger partial charge in [0, 0.05) is 24.2 Å². The zero-order valence-corrected chi connectivity index (χ0v) is 20.3. The van der Waals surface area contributed by atoms with E-state index in [1.54, 1.807) is 0 Å². The fraction of sp³-hybridized carbons (Fsp3) is 0.680. The van der Waals surface area contributed by atoms with Crippen LogP contribution in [0.3, 0.4) is 0 Å². The first-order valence-electron chi connectivity index (χ1n) is 11.5. The smallest absolute Gasteiger partial charge is 0.407 e. The summed E-state index contributed by atoms with van der Waals surface area (Å²) in [6, 6.07) is 7.94. The number of amides is 2. The van der Waals surface area contributed by atoms with Crippen LogP contribution in [0.2, 0.25) is 5.02 Å². The Morgan fingerprint density at radius 1 is 1.10 bits per heavy atom. The molecule has 1 N–H and O–H groups in total. The van der Waals surface area contributed by atoms with E-state index in [9.17, 15) is 9.59 Å². The van der Waals surface area contributed by atoms with Crippen LogP contribution in [-0.2, 0) is 9.53 Å². The second kappa shape index (κ2) is 9.40. The van der Waals surface area contributed by atoms with Gasteiger partial charge in [0.2, 0.25) is 5.91 Å². The first-order chi connectivity index (χ1) is 14.5. The third-order valence-corrected chi connectivity index (χ3v) is 6.85. The Bertz CT molecular complexity index is 785. The molecule has 5 nitrogen and oxygen atoms in total. The fourth-order valence-corrected chi connectivity index (χ4v) is 5.28. The molecule has 1 heterocycles. The van der Waals surface area contributed by atoms with Crippen molar-refractivity contribution in [1.29, 1.82) is 0 Å². The summed E-state index contributed by atoms with van der Waals surface area (Å²) in [6.07, 6.45) is 4.18. The predicted octanol–water partition coefficient (Wildman–Crippen LogP) is 5.77. The van der Waals surface area contributed by atoms with Gasteiger partial charge in [0.1, 0.15) is 5.60 Å². The first-order valence-corrected chi connectivity index (χ1v) is 11.9. The summed E-state index contributed by atoms with van der Waals surface area (Å²) in [4.78, 5) is 27.9. The van der Waals surface area contributed by atoms with Crippen LogP contribution in [0, 0.1) is 11.3 Å². The number of alkyl carbamates (subject to hydrolysis) is 1. The third kappa shape index (κ3) is 6.15. The van der Waals surface area contributed by atoms with Gasteiger partial charge in [-0.2, -0.15) is 0 Å². The molecule has 1 saturated heterocycles. The number of hydrogen-bond acceptors (Lipinski definition) is 3. The van der Waals surface area contributed by atoms with Crippen LogP contribution < -0.4 is 5.32 Å². The Labute approximate surface area is 191 Å². The summed E-state index contributed by atoms with van der Waals surface area (Å²) in [7, 11) is 0. The molecule has 3 atom stereocenters. The molecule has 1 aliphatic carbocycles. The highest BCUT2D eigenvalue weighted by molar-refractivity contribution is 6.30. The van der Waals surface area contributed by atoms with Gasteiger partial charge in [0.25, 0.3) is 0 Å². The number of rotatable bonds is 3. The minimum atomic E-state index is -0.550. The van der Waals surface area contributed by atoms with Crippen molar-refractivity contribution >= 4 is 23.6 Å². The van der Waals surface area contributed by atoms with E-state index in [0.717, 1.165) is 50.2 Å². The maximum absolute atomic E-state index is 13.5. The highest BCUT2D eigenvalue weighted by Crippen LogP contribution is 2.43. The standard InChI is InChI=1S/C25H37ClN2O3/c1-24(2,3)31-23(30)27-21-9-7-6-8-19(21)22(29)28-15-14-20(25(4,5)16-28)17-10-12-18(26)13-11-17/h10-13,19-21H,6-9,14-16H2,1-5H3,(H,27,30)/t19-,20?,21+/m0/s1. The van der Waals surface area contributed by atoms with Crippen molar-refractivity contribution in [3.05, 3.63) is 34.9 Å². The Morgan fingerprint density at radius 2 is 1.74 bits per heavy atom. The molecule has 1 aliphatic heterocycles. The van der Waals surface area contributed by atoms with Crippen molar-refractivity contribution < 1.29 is 14.3 Å². The number of carbonyl (C=O) groups is 2. The Kier molecular flexibility index (Phi) is 7.25. The van der Waals surface area contributed by atoms with Gasteiger partial charge < -0.3 is 15.0 Å². The highest BCUT2D eigenvalue weighted by atomic mass is 35.5. The van der Waals surface area contributed by atoms with Crippen LogP contribution in [0.25, 0.3) is 0 Å². The summed E-state index contributed by atoms with van der Waals surface area (Å²) >= 11 is 6.07. The molecule has 31 heavy (non-hydrogen) atoms. The second-order valence-electron chi connectivity index (χ2n) is 10.8. The average Bonchev–Trinajstić information content (AvgIpc) is 2.66. The van der Waals surface area contributed by atoms with E-state index in [1.165, 1.54) is 5.56 Å². The van der Waals surface area contributed by atoms with Crippen LogP contribution in [0.1, 0.15) is 78.2 Å². The minimum absolute atomic E-state index is 0.0372. The van der Waals surface area contributed by atoms with Crippen LogP contribution in [0.5, 0.6) is 0 Å². The van der Waals surface area contributed by atoms with Crippen molar-refractivity contribution in [3.8, 4) is 0 Å². The molecule has 2 amide bonds. The van der Waals surface area contributed by atoms with Crippen LogP contribution >= 0.6 is 11.6 Å². The van der Waals surface area contributed by atoms with Gasteiger partial charge >= 0.3 is 6.09 Å². The topological polar surface area (TPSA) is 58.6 Å². The maximum Gasteiger partial charge on any atom is 0.407 e. The molecule has 1 unspecified atom stereocenters. The molecule has 1 aromatic carbocycles. The van der Waals surface area contributed by atoms with Gasteiger partial charge in [-0.25, -0.2) is 4.79 Å². The summed E-state index contributed by atoms with van der Waals surface area (Å²) in [5.41, 5.74) is 0.694. The highest BCUT2D eigenvalue weighted by Gasteiger charge is 2.42. The third-order valence-electron chi connectivity index (χ3n) is 6.60. The normalized spacial score (nSPS) is 26.3. The van der Waals surface area contributed by atoms with Gasteiger partial charge in [-0.3, -0.25) is 4.79 Å². The Morgan fingerprint density at radius 3 is 2.35 bits per heavy atom. The van der Waals surface area contributed by atoms with Gasteiger partial charge in [0.15, 0.2) is 0 Å². The number of carbonyl (C=O) groups excluding carboxylic acids is 2. The monoisotopic (exact) mass is 448 g/mol. The van der Waals surface area contributed by atoms with E-state index in [0.29, 0.717) is 5.92 Å². The zero-order valence-electron chi connectivity index (χ0n) is 19.5. The molecule has 0 spiro atoms. The molecule has 1 saturated carbocycles. The zero-order chi connectivity index (χ0) is 22.8. The summed E-state index contributed by atoms with van der Waals surface area (Å²) in [6.45, 7) is 11.5. The van der Waals surface area contributed by atoms with Crippen LogP contribution in [0.15, 0.2) is 24.3 Å². The van der Waals surface area contributed by atoms with Gasteiger partial charge in [-0.1, -0.05) is 50.4 Å². The van der Waals surface area contributed by atoms with Crippen molar-refractivity contribution in [1.82, 2.24) is 10.2 Å². The minimum Gasteiger partial charge on any atom is -0.444 e. The Hall–Kier alpha value is -1.75. The first kappa shape index (κ1) is 23.9. The summed E-state index contributed by atoms with van der Waals surface area (Å²) < 4.78 is 5.43. The van der Waals surface area contributed by atoms with Crippen LogP contribution in [0.4, 0.5) is 4.79 Å². The number of benzene rings is 1. The summed E-state index contributed by atoms with van der Waals surface area (Å²) in [5, 5.41) is 3.73. The molecular weight excluding hydrogens is 412 g/mol. The number of halogens is 1. The number of piperidine rings is 1. The molecule has 0 aromatic heterocycles. The SMILES string of the molecule is CC(C)(C)OC(=O)N[C@@H]1CCCC[C@@H]1C(=O)N1CCC(c2ccc(Cl)cc2)C(C)(C)C1. The van der Waals surface area contributed by atoms with Crippen molar-refractivity contribution in [2.75, 3.05) is 13.1 Å². The number of hydrogen-bond donors (Lipinski definition) is 1. The molecular formula is C25H37ClN2O3. The number of nitrogens with zero attached hydrogens (tertiary/aromatic N) is 1. The molecule has 0 radical (unpaired) electrons. The largest absolute Gasteiger partial charge is 0.444 e.